The Bertz CT molecular complexity index is 681. The fourth-order valence-electron chi connectivity index (χ4n) is 2.08. The van der Waals surface area contributed by atoms with Gasteiger partial charge in [-0.1, -0.05) is 12.1 Å². The van der Waals surface area contributed by atoms with Crippen molar-refractivity contribution in [3.05, 3.63) is 35.5 Å². The van der Waals surface area contributed by atoms with Gasteiger partial charge in [0.15, 0.2) is 0 Å². The SMILES string of the molecule is CN(C)c1c(C(=O)O)cnc2c(C(F)(F)F)cccc12. The van der Waals surface area contributed by atoms with Gasteiger partial charge in [0.25, 0.3) is 0 Å². The maximum Gasteiger partial charge on any atom is 0.418 e. The highest BCUT2D eigenvalue weighted by atomic mass is 19.4. The smallest absolute Gasteiger partial charge is 0.418 e. The molecule has 2 aromatic rings. The Morgan fingerprint density at radius 1 is 1.30 bits per heavy atom. The van der Waals surface area contributed by atoms with Crippen molar-refractivity contribution < 1.29 is 23.1 Å². The molecule has 0 amide bonds. The average molecular weight is 284 g/mol. The molecule has 0 bridgehead atoms. The van der Waals surface area contributed by atoms with Crippen molar-refractivity contribution in [2.24, 2.45) is 0 Å². The second-order valence-corrected chi connectivity index (χ2v) is 4.42. The Kier molecular flexibility index (Phi) is 3.29. The predicted octanol–water partition coefficient (Wildman–Crippen LogP) is 3.02. The van der Waals surface area contributed by atoms with Crippen LogP contribution in [0.25, 0.3) is 10.9 Å². The fourth-order valence-corrected chi connectivity index (χ4v) is 2.08. The summed E-state index contributed by atoms with van der Waals surface area (Å²) in [5.74, 6) is -1.24. The molecule has 0 aliphatic carbocycles. The minimum atomic E-state index is -4.54. The van der Waals surface area contributed by atoms with Crippen molar-refractivity contribution in [1.82, 2.24) is 4.98 Å². The van der Waals surface area contributed by atoms with E-state index < -0.39 is 17.7 Å². The van der Waals surface area contributed by atoms with Gasteiger partial charge in [-0.3, -0.25) is 4.98 Å². The summed E-state index contributed by atoms with van der Waals surface area (Å²) in [6.07, 6.45) is -3.59. The molecule has 2 rings (SSSR count). The van der Waals surface area contributed by atoms with Crippen LogP contribution < -0.4 is 4.90 Å². The van der Waals surface area contributed by atoms with E-state index in [-0.39, 0.29) is 22.2 Å². The highest BCUT2D eigenvalue weighted by molar-refractivity contribution is 6.05. The highest BCUT2D eigenvalue weighted by Crippen LogP contribution is 2.37. The van der Waals surface area contributed by atoms with Gasteiger partial charge in [-0.15, -0.1) is 0 Å². The van der Waals surface area contributed by atoms with Crippen molar-refractivity contribution >= 4 is 22.6 Å². The number of hydrogen-bond donors (Lipinski definition) is 1. The van der Waals surface area contributed by atoms with Crippen LogP contribution in [-0.2, 0) is 6.18 Å². The van der Waals surface area contributed by atoms with Crippen molar-refractivity contribution in [2.75, 3.05) is 19.0 Å². The molecule has 0 saturated carbocycles. The van der Waals surface area contributed by atoms with Crippen molar-refractivity contribution in [1.29, 1.82) is 0 Å². The van der Waals surface area contributed by atoms with E-state index in [2.05, 4.69) is 4.98 Å². The van der Waals surface area contributed by atoms with Crippen molar-refractivity contribution in [3.8, 4) is 0 Å². The molecule has 0 aliphatic rings. The van der Waals surface area contributed by atoms with Crippen LogP contribution in [0, 0.1) is 0 Å². The first-order valence-electron chi connectivity index (χ1n) is 5.63. The lowest BCUT2D eigenvalue weighted by atomic mass is 10.0. The lowest BCUT2D eigenvalue weighted by Crippen LogP contribution is -2.16. The van der Waals surface area contributed by atoms with Crippen LogP contribution in [0.15, 0.2) is 24.4 Å². The molecule has 1 aromatic carbocycles. The summed E-state index contributed by atoms with van der Waals surface area (Å²) in [6, 6.07) is 3.60. The molecule has 0 unspecified atom stereocenters. The molecule has 0 saturated heterocycles. The van der Waals surface area contributed by atoms with E-state index in [0.29, 0.717) is 0 Å². The van der Waals surface area contributed by atoms with Gasteiger partial charge in [0, 0.05) is 25.7 Å². The molecule has 106 valence electrons. The molecule has 1 heterocycles. The van der Waals surface area contributed by atoms with Crippen LogP contribution >= 0.6 is 0 Å². The number of carbonyl (C=O) groups is 1. The zero-order valence-electron chi connectivity index (χ0n) is 10.7. The van der Waals surface area contributed by atoms with Gasteiger partial charge >= 0.3 is 12.1 Å². The standard InChI is InChI=1S/C13H11F3N2O2/c1-18(2)11-7-4-3-5-9(13(14,15)16)10(7)17-6-8(11)12(19)20/h3-6H,1-2H3,(H,19,20). The molecule has 0 spiro atoms. The molecule has 0 aliphatic heterocycles. The number of hydrogen-bond acceptors (Lipinski definition) is 3. The molecular weight excluding hydrogens is 273 g/mol. The largest absolute Gasteiger partial charge is 0.478 e. The molecule has 0 radical (unpaired) electrons. The third-order valence-electron chi connectivity index (χ3n) is 2.85. The number of anilines is 1. The summed E-state index contributed by atoms with van der Waals surface area (Å²) in [6.45, 7) is 0. The van der Waals surface area contributed by atoms with E-state index in [1.54, 1.807) is 14.1 Å². The van der Waals surface area contributed by atoms with Crippen LogP contribution in [-0.4, -0.2) is 30.2 Å². The Labute approximate surface area is 112 Å². The molecule has 1 aromatic heterocycles. The molecule has 1 N–H and O–H groups in total. The Morgan fingerprint density at radius 3 is 2.45 bits per heavy atom. The summed E-state index contributed by atoms with van der Waals surface area (Å²) in [5, 5.41) is 9.27. The van der Waals surface area contributed by atoms with Gasteiger partial charge in [-0.05, 0) is 6.07 Å². The van der Waals surface area contributed by atoms with Crippen LogP contribution in [0.5, 0.6) is 0 Å². The second kappa shape index (κ2) is 4.66. The van der Waals surface area contributed by atoms with Crippen LogP contribution in [0.3, 0.4) is 0 Å². The zero-order chi connectivity index (χ0) is 15.1. The number of carboxylic acid groups (broad SMARTS) is 1. The maximum absolute atomic E-state index is 12.9. The van der Waals surface area contributed by atoms with Gasteiger partial charge < -0.3 is 10.0 Å². The number of rotatable bonds is 2. The normalized spacial score (nSPS) is 11.7. The molecule has 7 heteroatoms. The first-order valence-corrected chi connectivity index (χ1v) is 5.63. The fraction of sp³-hybridized carbons (Fsp3) is 0.231. The average Bonchev–Trinajstić information content (AvgIpc) is 2.34. The monoisotopic (exact) mass is 284 g/mol. The van der Waals surface area contributed by atoms with E-state index in [0.717, 1.165) is 12.3 Å². The molecule has 0 atom stereocenters. The number of aromatic carboxylic acids is 1. The van der Waals surface area contributed by atoms with Gasteiger partial charge in [0.1, 0.15) is 5.56 Å². The van der Waals surface area contributed by atoms with E-state index >= 15 is 0 Å². The quantitative estimate of drug-likeness (QED) is 0.921. The summed E-state index contributed by atoms with van der Waals surface area (Å²) in [7, 11) is 3.14. The summed E-state index contributed by atoms with van der Waals surface area (Å²) >= 11 is 0. The van der Waals surface area contributed by atoms with Gasteiger partial charge in [-0.2, -0.15) is 13.2 Å². The second-order valence-electron chi connectivity index (χ2n) is 4.42. The van der Waals surface area contributed by atoms with Crippen molar-refractivity contribution in [2.45, 2.75) is 6.18 Å². The number of carboxylic acids is 1. The number of fused-ring (bicyclic) bond motifs is 1. The minimum Gasteiger partial charge on any atom is -0.478 e. The van der Waals surface area contributed by atoms with E-state index in [1.807, 2.05) is 0 Å². The number of aromatic nitrogens is 1. The lowest BCUT2D eigenvalue weighted by molar-refractivity contribution is -0.136. The van der Waals surface area contributed by atoms with E-state index in [9.17, 15) is 18.0 Å². The molecule has 0 fully saturated rings. The zero-order valence-corrected chi connectivity index (χ0v) is 10.7. The number of nitrogens with zero attached hydrogens (tertiary/aromatic N) is 2. The third-order valence-corrected chi connectivity index (χ3v) is 2.85. The van der Waals surface area contributed by atoms with Crippen LogP contribution in [0.2, 0.25) is 0 Å². The Morgan fingerprint density at radius 2 is 1.95 bits per heavy atom. The molecular formula is C13H11F3N2O2. The lowest BCUT2D eigenvalue weighted by Gasteiger charge is -2.19. The van der Waals surface area contributed by atoms with Gasteiger partial charge in [0.05, 0.1) is 16.8 Å². The summed E-state index contributed by atoms with van der Waals surface area (Å²) in [5.41, 5.74) is -1.07. The first kappa shape index (κ1) is 14.1. The molecule has 20 heavy (non-hydrogen) atoms. The molecule has 4 nitrogen and oxygen atoms in total. The predicted molar refractivity (Wildman–Crippen MR) is 68.0 cm³/mol. The minimum absolute atomic E-state index is 0.137. The Balaban J connectivity index is 2.90. The van der Waals surface area contributed by atoms with Crippen molar-refractivity contribution in [3.63, 3.8) is 0 Å². The number of benzene rings is 1. The van der Waals surface area contributed by atoms with Crippen LogP contribution in [0.4, 0.5) is 18.9 Å². The van der Waals surface area contributed by atoms with E-state index in [4.69, 9.17) is 5.11 Å². The number of alkyl halides is 3. The number of halogens is 3. The number of pyridine rings is 1. The van der Waals surface area contributed by atoms with Gasteiger partial charge in [-0.25, -0.2) is 4.79 Å². The summed E-state index contributed by atoms with van der Waals surface area (Å²) in [4.78, 5) is 16.3. The number of para-hydroxylation sites is 1. The maximum atomic E-state index is 12.9. The van der Waals surface area contributed by atoms with Gasteiger partial charge in [0.2, 0.25) is 0 Å². The van der Waals surface area contributed by atoms with Crippen LogP contribution in [0.1, 0.15) is 15.9 Å². The summed E-state index contributed by atoms with van der Waals surface area (Å²) < 4.78 is 38.8. The highest BCUT2D eigenvalue weighted by Gasteiger charge is 2.34. The first-order chi connectivity index (χ1) is 9.23. The third kappa shape index (κ3) is 2.26. The van der Waals surface area contributed by atoms with E-state index in [1.165, 1.54) is 17.0 Å². The Hall–Kier alpha value is -2.31. The topological polar surface area (TPSA) is 53.4 Å².